The molecule has 2 rings (SSSR count). The molecule has 0 aliphatic carbocycles. The maximum atomic E-state index is 9.30. The first-order valence-corrected chi connectivity index (χ1v) is 8.08. The average Bonchev–Trinajstić information content (AvgIpc) is 2.72. The third-order valence-corrected chi connectivity index (χ3v) is 4.61. The molecule has 1 aromatic carbocycles. The van der Waals surface area contributed by atoms with E-state index in [2.05, 4.69) is 43.7 Å². The van der Waals surface area contributed by atoms with Crippen LogP contribution in [0.5, 0.6) is 0 Å². The van der Waals surface area contributed by atoms with Gasteiger partial charge in [-0.2, -0.15) is 0 Å². The average molecular weight is 333 g/mol. The second-order valence-corrected chi connectivity index (χ2v) is 5.21. The van der Waals surface area contributed by atoms with Crippen molar-refractivity contribution in [2.45, 2.75) is 6.04 Å². The van der Waals surface area contributed by atoms with Crippen LogP contribution >= 0.6 is 30.3 Å². The summed E-state index contributed by atoms with van der Waals surface area (Å²) in [5, 5.41) is 9.30. The molecule has 1 aromatic rings. The summed E-state index contributed by atoms with van der Waals surface area (Å²) < 4.78 is 2.27. The van der Waals surface area contributed by atoms with Crippen LogP contribution in [0.4, 0.5) is 0 Å². The van der Waals surface area contributed by atoms with Crippen LogP contribution in [0.3, 0.4) is 0 Å². The van der Waals surface area contributed by atoms with Crippen molar-refractivity contribution < 1.29 is 5.11 Å². The molecule has 2 nitrogen and oxygen atoms in total. The first-order chi connectivity index (χ1) is 7.36. The van der Waals surface area contributed by atoms with Gasteiger partial charge in [0.05, 0.1) is 12.6 Å². The van der Waals surface area contributed by atoms with Crippen LogP contribution in [0.1, 0.15) is 11.6 Å². The highest BCUT2D eigenvalue weighted by atomic mass is 127. The lowest BCUT2D eigenvalue weighted by molar-refractivity contribution is 0.312. The van der Waals surface area contributed by atoms with E-state index in [1.165, 1.54) is 5.56 Å². The highest BCUT2D eigenvalue weighted by Gasteiger charge is 2.27. The molecule has 1 atom stereocenters. The maximum absolute atomic E-state index is 9.30. The van der Waals surface area contributed by atoms with E-state index in [1.807, 2.05) is 18.2 Å². The summed E-state index contributed by atoms with van der Waals surface area (Å²) in [7, 11) is 1.69. The van der Waals surface area contributed by atoms with Crippen LogP contribution in [0.2, 0.25) is 0 Å². The fourth-order valence-corrected chi connectivity index (χ4v) is 3.48. The minimum atomic E-state index is 0.146. The Kier molecular flexibility index (Phi) is 4.07. The zero-order valence-corrected chi connectivity index (χ0v) is 11.1. The number of halogens is 1. The number of aliphatic hydroxyl groups is 1. The van der Waals surface area contributed by atoms with Crippen molar-refractivity contribution in [3.63, 3.8) is 0 Å². The highest BCUT2D eigenvalue weighted by Crippen LogP contribution is 2.39. The lowest BCUT2D eigenvalue weighted by atomic mass is 10.0. The van der Waals surface area contributed by atoms with E-state index < -0.39 is 0 Å². The van der Waals surface area contributed by atoms with Gasteiger partial charge in [0, 0.05) is 27.8 Å². The summed E-state index contributed by atoms with van der Waals surface area (Å²) in [6.45, 7) is 1.05. The second kappa shape index (κ2) is 5.34. The van der Waals surface area contributed by atoms with Gasteiger partial charge >= 0.3 is 0 Å². The van der Waals surface area contributed by atoms with Gasteiger partial charge in [0.2, 0.25) is 0 Å². The van der Waals surface area contributed by atoms with Crippen LogP contribution in [-0.2, 0) is 0 Å². The van der Waals surface area contributed by atoms with Gasteiger partial charge in [-0.3, -0.25) is 0 Å². The van der Waals surface area contributed by atoms with Crippen LogP contribution in [-0.4, -0.2) is 22.6 Å². The minimum Gasteiger partial charge on any atom is -0.392 e. The van der Waals surface area contributed by atoms with E-state index in [0.717, 1.165) is 12.1 Å². The molecular formula is C11H12INOS. The fraction of sp³-hybridized carbons (Fsp3) is 0.273. The molecule has 4 heteroatoms. The summed E-state index contributed by atoms with van der Waals surface area (Å²) in [5.41, 5.74) is 2.35. The topological polar surface area (TPSA) is 23.5 Å². The first-order valence-electron chi connectivity index (χ1n) is 4.77. The Labute approximate surface area is 106 Å². The minimum absolute atomic E-state index is 0.146. The third-order valence-electron chi connectivity index (χ3n) is 2.56. The molecule has 80 valence electrons. The number of benzene rings is 1. The summed E-state index contributed by atoms with van der Waals surface area (Å²) >= 11 is 2.29. The monoisotopic (exact) mass is 333 g/mol. The van der Waals surface area contributed by atoms with E-state index in [0.29, 0.717) is 0 Å². The van der Waals surface area contributed by atoms with Crippen molar-refractivity contribution >= 4 is 30.3 Å². The van der Waals surface area contributed by atoms with Crippen LogP contribution in [0.15, 0.2) is 42.0 Å². The zero-order chi connectivity index (χ0) is 10.7. The zero-order valence-electron chi connectivity index (χ0n) is 8.14. The molecular weight excluding hydrogens is 321 g/mol. The van der Waals surface area contributed by atoms with E-state index in [9.17, 15) is 5.11 Å². The van der Waals surface area contributed by atoms with Crippen molar-refractivity contribution in [3.8, 4) is 0 Å². The van der Waals surface area contributed by atoms with Gasteiger partial charge in [-0.05, 0) is 20.3 Å². The van der Waals surface area contributed by atoms with Crippen molar-refractivity contribution in [1.82, 2.24) is 4.31 Å². The first kappa shape index (κ1) is 11.4. The normalized spacial score (nSPS) is 21.7. The van der Waals surface area contributed by atoms with Crippen LogP contribution < -0.4 is 0 Å². The number of hydrogen-bond donors (Lipinski definition) is 1. The Morgan fingerprint density at radius 2 is 2.13 bits per heavy atom. The van der Waals surface area contributed by atoms with Gasteiger partial charge in [-0.1, -0.05) is 36.4 Å². The Morgan fingerprint density at radius 3 is 2.73 bits per heavy atom. The molecule has 0 bridgehead atoms. The van der Waals surface area contributed by atoms with E-state index in [1.54, 1.807) is 9.12 Å². The summed E-state index contributed by atoms with van der Waals surface area (Å²) in [5.74, 6) is 0. The standard InChI is InChI=1S/C11H12INOS/c12-15-13-7-6-10(8-14)11(13)9-4-2-1-3-5-9/h1-6,11,14H,7-8H2. The number of hydrogen-bond acceptors (Lipinski definition) is 3. The SMILES string of the molecule is OCC1=CCN(SI)C1c1ccccc1. The van der Waals surface area contributed by atoms with E-state index in [-0.39, 0.29) is 12.6 Å². The quantitative estimate of drug-likeness (QED) is 0.523. The lowest BCUT2D eigenvalue weighted by Crippen LogP contribution is -2.17. The highest BCUT2D eigenvalue weighted by molar-refractivity contribution is 14.2. The molecule has 0 fully saturated rings. The van der Waals surface area contributed by atoms with Crippen molar-refractivity contribution in [2.75, 3.05) is 13.2 Å². The van der Waals surface area contributed by atoms with Gasteiger partial charge in [0.1, 0.15) is 0 Å². The number of nitrogens with zero attached hydrogens (tertiary/aromatic N) is 1. The molecule has 0 amide bonds. The fourth-order valence-electron chi connectivity index (χ4n) is 1.84. The summed E-state index contributed by atoms with van der Waals surface area (Å²) in [6.07, 6.45) is 2.11. The molecule has 0 aromatic heterocycles. The van der Waals surface area contributed by atoms with Crippen molar-refractivity contribution in [3.05, 3.63) is 47.5 Å². The number of aliphatic hydroxyl groups excluding tert-OH is 1. The molecule has 0 spiro atoms. The largest absolute Gasteiger partial charge is 0.392 e. The lowest BCUT2D eigenvalue weighted by Gasteiger charge is -2.23. The Hall–Kier alpha value is -0.0400. The maximum Gasteiger partial charge on any atom is 0.0695 e. The third kappa shape index (κ3) is 2.38. The molecule has 15 heavy (non-hydrogen) atoms. The predicted octanol–water partition coefficient (Wildman–Crippen LogP) is 2.96. The van der Waals surface area contributed by atoms with E-state index in [4.69, 9.17) is 0 Å². The molecule has 0 radical (unpaired) electrons. The van der Waals surface area contributed by atoms with Crippen molar-refractivity contribution in [1.29, 1.82) is 0 Å². The molecule has 1 unspecified atom stereocenters. The van der Waals surface area contributed by atoms with E-state index >= 15 is 0 Å². The molecule has 0 saturated carbocycles. The van der Waals surface area contributed by atoms with Gasteiger partial charge in [-0.25, -0.2) is 4.31 Å². The van der Waals surface area contributed by atoms with Crippen LogP contribution in [0, 0.1) is 0 Å². The van der Waals surface area contributed by atoms with Gasteiger partial charge in [0.25, 0.3) is 0 Å². The molecule has 1 heterocycles. The molecule has 1 aliphatic rings. The van der Waals surface area contributed by atoms with Gasteiger partial charge < -0.3 is 5.11 Å². The Bertz CT molecular complexity index is 355. The molecule has 1 aliphatic heterocycles. The predicted molar refractivity (Wildman–Crippen MR) is 72.7 cm³/mol. The second-order valence-electron chi connectivity index (χ2n) is 3.42. The molecule has 0 saturated heterocycles. The summed E-state index contributed by atoms with van der Waals surface area (Å²) in [4.78, 5) is 0. The Morgan fingerprint density at radius 1 is 1.40 bits per heavy atom. The molecule has 1 N–H and O–H groups in total. The van der Waals surface area contributed by atoms with Gasteiger partial charge in [-0.15, -0.1) is 0 Å². The number of rotatable bonds is 3. The smallest absolute Gasteiger partial charge is 0.0695 e. The van der Waals surface area contributed by atoms with Gasteiger partial charge in [0.15, 0.2) is 0 Å². The Balaban J connectivity index is 2.28. The summed E-state index contributed by atoms with van der Waals surface area (Å²) in [6, 6.07) is 10.6. The van der Waals surface area contributed by atoms with Crippen LogP contribution in [0.25, 0.3) is 0 Å². The van der Waals surface area contributed by atoms with Crippen molar-refractivity contribution in [2.24, 2.45) is 0 Å².